The van der Waals surface area contributed by atoms with Gasteiger partial charge in [0.15, 0.2) is 0 Å². The van der Waals surface area contributed by atoms with E-state index >= 15 is 0 Å². The van der Waals surface area contributed by atoms with E-state index in [2.05, 4.69) is 0 Å². The normalized spacial score (nSPS) is 13.6. The number of aliphatic carboxylic acids is 1. The zero-order chi connectivity index (χ0) is 13.8. The van der Waals surface area contributed by atoms with E-state index in [1.807, 2.05) is 34.6 Å². The summed E-state index contributed by atoms with van der Waals surface area (Å²) in [4.78, 5) is 24.2. The number of carbonyl (C=O) groups is 2. The molecule has 1 atom stereocenters. The van der Waals surface area contributed by atoms with Crippen LogP contribution in [0.1, 0.15) is 41.0 Å². The van der Waals surface area contributed by atoms with Crippen molar-refractivity contribution in [3.63, 3.8) is 0 Å². The lowest BCUT2D eigenvalue weighted by Crippen LogP contribution is -2.52. The Labute approximate surface area is 103 Å². The van der Waals surface area contributed by atoms with Gasteiger partial charge in [-0.3, -0.25) is 9.59 Å². The number of nitrogens with zero attached hydrogens (tertiary/aromatic N) is 1. The first-order valence-electron chi connectivity index (χ1n) is 5.85. The third-order valence-corrected chi connectivity index (χ3v) is 2.67. The highest BCUT2D eigenvalue weighted by Gasteiger charge is 2.32. The van der Waals surface area contributed by atoms with Crippen LogP contribution in [0.3, 0.4) is 0 Å². The second-order valence-electron chi connectivity index (χ2n) is 5.61. The van der Waals surface area contributed by atoms with E-state index in [0.717, 1.165) is 0 Å². The Bertz CT molecular complexity index is 282. The van der Waals surface area contributed by atoms with Gasteiger partial charge in [-0.2, -0.15) is 0 Å². The number of hydrogen-bond donors (Lipinski definition) is 2. The van der Waals surface area contributed by atoms with Gasteiger partial charge >= 0.3 is 5.97 Å². The van der Waals surface area contributed by atoms with Gasteiger partial charge in [-0.1, -0.05) is 20.8 Å². The predicted octanol–water partition coefficient (Wildman–Crippen LogP) is 1.07. The molecule has 0 aromatic rings. The van der Waals surface area contributed by atoms with Crippen molar-refractivity contribution in [1.29, 1.82) is 0 Å². The molecule has 0 heterocycles. The number of nitrogens with two attached hydrogens (primary N) is 1. The first-order valence-corrected chi connectivity index (χ1v) is 5.85. The second kappa shape index (κ2) is 6.00. The van der Waals surface area contributed by atoms with E-state index in [0.29, 0.717) is 0 Å². The van der Waals surface area contributed by atoms with Crippen molar-refractivity contribution < 1.29 is 14.7 Å². The standard InChI is InChI=1S/C12H24N2O3/c1-8(2)14(7-6-9(15)16)11(17)10(13)12(3,4)5/h8,10H,6-7,13H2,1-5H3,(H,15,16)/t10-/m0/s1. The third-order valence-electron chi connectivity index (χ3n) is 2.67. The lowest BCUT2D eigenvalue weighted by molar-refractivity contribution is -0.140. The fraction of sp³-hybridized carbons (Fsp3) is 0.833. The number of amides is 1. The van der Waals surface area contributed by atoms with E-state index in [1.165, 1.54) is 4.90 Å². The summed E-state index contributed by atoms with van der Waals surface area (Å²) in [7, 11) is 0. The molecule has 0 bridgehead atoms. The molecule has 17 heavy (non-hydrogen) atoms. The van der Waals surface area contributed by atoms with Crippen molar-refractivity contribution in [2.45, 2.75) is 53.1 Å². The third kappa shape index (κ3) is 5.17. The molecule has 0 radical (unpaired) electrons. The summed E-state index contributed by atoms with van der Waals surface area (Å²) in [5.74, 6) is -1.10. The maximum atomic E-state index is 12.2. The van der Waals surface area contributed by atoms with Crippen molar-refractivity contribution in [1.82, 2.24) is 4.90 Å². The van der Waals surface area contributed by atoms with E-state index < -0.39 is 12.0 Å². The summed E-state index contributed by atoms with van der Waals surface area (Å²) >= 11 is 0. The van der Waals surface area contributed by atoms with E-state index in [9.17, 15) is 9.59 Å². The molecule has 0 aliphatic carbocycles. The SMILES string of the molecule is CC(C)N(CCC(=O)O)C(=O)[C@H](N)C(C)(C)C. The van der Waals surface area contributed by atoms with Crippen LogP contribution in [0.4, 0.5) is 0 Å². The molecule has 0 saturated heterocycles. The summed E-state index contributed by atoms with van der Waals surface area (Å²) in [6.45, 7) is 9.60. The molecule has 0 rings (SSSR count). The van der Waals surface area contributed by atoms with Crippen LogP contribution >= 0.6 is 0 Å². The molecule has 5 nitrogen and oxygen atoms in total. The van der Waals surface area contributed by atoms with Gasteiger partial charge in [0, 0.05) is 12.6 Å². The Morgan fingerprint density at radius 1 is 1.29 bits per heavy atom. The first-order chi connectivity index (χ1) is 7.57. The highest BCUT2D eigenvalue weighted by Crippen LogP contribution is 2.20. The van der Waals surface area contributed by atoms with Crippen molar-refractivity contribution in [3.05, 3.63) is 0 Å². The monoisotopic (exact) mass is 244 g/mol. The molecule has 0 unspecified atom stereocenters. The average molecular weight is 244 g/mol. The van der Waals surface area contributed by atoms with Gasteiger partial charge in [0.2, 0.25) is 5.91 Å². The zero-order valence-corrected chi connectivity index (χ0v) is 11.4. The Balaban J connectivity index is 4.71. The minimum atomic E-state index is -0.909. The fourth-order valence-electron chi connectivity index (χ4n) is 1.39. The fourth-order valence-corrected chi connectivity index (χ4v) is 1.39. The van der Waals surface area contributed by atoms with E-state index in [1.54, 1.807) is 0 Å². The molecule has 0 saturated carbocycles. The average Bonchev–Trinajstić information content (AvgIpc) is 2.13. The van der Waals surface area contributed by atoms with E-state index in [-0.39, 0.29) is 30.3 Å². The number of hydrogen-bond acceptors (Lipinski definition) is 3. The van der Waals surface area contributed by atoms with Crippen LogP contribution < -0.4 is 5.73 Å². The Morgan fingerprint density at radius 2 is 1.76 bits per heavy atom. The molecule has 0 aromatic carbocycles. The highest BCUT2D eigenvalue weighted by atomic mass is 16.4. The van der Waals surface area contributed by atoms with Gasteiger partial charge in [-0.15, -0.1) is 0 Å². The minimum absolute atomic E-state index is 0.0461. The molecule has 5 heteroatoms. The number of carboxylic acid groups (broad SMARTS) is 1. The molecule has 0 spiro atoms. The number of rotatable bonds is 5. The topological polar surface area (TPSA) is 83.6 Å². The van der Waals surface area contributed by atoms with Gasteiger partial charge in [-0.25, -0.2) is 0 Å². The van der Waals surface area contributed by atoms with Gasteiger partial charge in [-0.05, 0) is 19.3 Å². The van der Waals surface area contributed by atoms with Crippen LogP contribution in [0.25, 0.3) is 0 Å². The molecule has 0 aliphatic rings. The van der Waals surface area contributed by atoms with E-state index in [4.69, 9.17) is 10.8 Å². The Hall–Kier alpha value is -1.10. The second-order valence-corrected chi connectivity index (χ2v) is 5.61. The zero-order valence-electron chi connectivity index (χ0n) is 11.4. The summed E-state index contributed by atoms with van der Waals surface area (Å²) < 4.78 is 0. The summed E-state index contributed by atoms with van der Waals surface area (Å²) in [6, 6.07) is -0.658. The van der Waals surface area contributed by atoms with Crippen LogP contribution in [0, 0.1) is 5.41 Å². The molecule has 1 amide bonds. The van der Waals surface area contributed by atoms with Crippen LogP contribution in [0.15, 0.2) is 0 Å². The summed E-state index contributed by atoms with van der Waals surface area (Å²) in [5, 5.41) is 8.66. The van der Waals surface area contributed by atoms with Crippen molar-refractivity contribution >= 4 is 11.9 Å². The summed E-state index contributed by atoms with van der Waals surface area (Å²) in [6.07, 6.45) is -0.0548. The minimum Gasteiger partial charge on any atom is -0.481 e. The summed E-state index contributed by atoms with van der Waals surface area (Å²) in [5.41, 5.74) is 5.57. The molecular weight excluding hydrogens is 220 g/mol. The van der Waals surface area contributed by atoms with Crippen LogP contribution in [0.5, 0.6) is 0 Å². The predicted molar refractivity (Wildman–Crippen MR) is 66.5 cm³/mol. The molecule has 0 fully saturated rings. The molecule has 0 aliphatic heterocycles. The number of carbonyl (C=O) groups excluding carboxylic acids is 1. The van der Waals surface area contributed by atoms with Crippen LogP contribution in [-0.4, -0.2) is 40.5 Å². The smallest absolute Gasteiger partial charge is 0.305 e. The Morgan fingerprint density at radius 3 is 2.06 bits per heavy atom. The molecular formula is C12H24N2O3. The van der Waals surface area contributed by atoms with Gasteiger partial charge < -0.3 is 15.7 Å². The lowest BCUT2D eigenvalue weighted by Gasteiger charge is -2.34. The largest absolute Gasteiger partial charge is 0.481 e. The van der Waals surface area contributed by atoms with Gasteiger partial charge in [0.1, 0.15) is 0 Å². The maximum Gasteiger partial charge on any atom is 0.305 e. The number of carboxylic acids is 1. The Kier molecular flexibility index (Phi) is 5.61. The lowest BCUT2D eigenvalue weighted by atomic mass is 9.86. The van der Waals surface area contributed by atoms with Gasteiger partial charge in [0.25, 0.3) is 0 Å². The van der Waals surface area contributed by atoms with Crippen LogP contribution in [-0.2, 0) is 9.59 Å². The van der Waals surface area contributed by atoms with Crippen molar-refractivity contribution in [2.24, 2.45) is 11.1 Å². The maximum absolute atomic E-state index is 12.2. The highest BCUT2D eigenvalue weighted by molar-refractivity contribution is 5.83. The van der Waals surface area contributed by atoms with Crippen molar-refractivity contribution in [3.8, 4) is 0 Å². The molecule has 3 N–H and O–H groups in total. The van der Waals surface area contributed by atoms with Crippen LogP contribution in [0.2, 0.25) is 0 Å². The quantitative estimate of drug-likeness (QED) is 0.757. The van der Waals surface area contributed by atoms with Crippen molar-refractivity contribution in [2.75, 3.05) is 6.54 Å². The molecule has 0 aromatic heterocycles. The molecule has 100 valence electrons. The first kappa shape index (κ1) is 15.9. The van der Waals surface area contributed by atoms with Gasteiger partial charge in [0.05, 0.1) is 12.5 Å².